The smallest absolute Gasteiger partial charge is 0.326 e. The lowest BCUT2D eigenvalue weighted by Crippen LogP contribution is -3.00. The first-order valence-electron chi connectivity index (χ1n) is 28.3. The maximum Gasteiger partial charge on any atom is 0.326 e. The van der Waals surface area contributed by atoms with E-state index in [2.05, 4.69) is 21.5 Å². The van der Waals surface area contributed by atoms with Gasteiger partial charge in [-0.3, -0.25) is 29.2 Å². The van der Waals surface area contributed by atoms with Gasteiger partial charge >= 0.3 is 23.3 Å². The molecule has 73 heavy (non-hydrogen) atoms. The van der Waals surface area contributed by atoms with Crippen molar-refractivity contribution in [2.24, 2.45) is 23.7 Å². The van der Waals surface area contributed by atoms with Crippen molar-refractivity contribution in [1.29, 1.82) is 0 Å². The Balaban J connectivity index is 0.000000168. The van der Waals surface area contributed by atoms with E-state index >= 15 is 0 Å². The van der Waals surface area contributed by atoms with Crippen LogP contribution in [0.25, 0.3) is 0 Å². The van der Waals surface area contributed by atoms with Crippen molar-refractivity contribution in [1.82, 2.24) is 20.0 Å². The number of likely N-dealkylation sites (tertiary alicyclic amines) is 1. The molecule has 14 atom stereocenters. The van der Waals surface area contributed by atoms with Gasteiger partial charge in [0.2, 0.25) is 0 Å². The van der Waals surface area contributed by atoms with E-state index in [9.17, 15) is 24.3 Å². The summed E-state index contributed by atoms with van der Waals surface area (Å²) < 4.78 is 0. The van der Waals surface area contributed by atoms with Crippen LogP contribution in [0, 0.1) is 30.1 Å². The molecule has 4 saturated carbocycles. The van der Waals surface area contributed by atoms with E-state index in [1.807, 2.05) is 70.5 Å². The van der Waals surface area contributed by atoms with Gasteiger partial charge in [0, 0.05) is 54.2 Å². The molecule has 6 saturated heterocycles. The summed E-state index contributed by atoms with van der Waals surface area (Å²) in [5, 5.41) is 20.6. The summed E-state index contributed by atoms with van der Waals surface area (Å²) in [7, 11) is 0. The van der Waals surface area contributed by atoms with Crippen molar-refractivity contribution in [2.45, 2.75) is 228 Å². The van der Waals surface area contributed by atoms with Crippen molar-refractivity contribution >= 4 is 46.3 Å². The highest BCUT2D eigenvalue weighted by Gasteiger charge is 2.50. The van der Waals surface area contributed by atoms with Crippen LogP contribution in [0.15, 0.2) is 60.7 Å². The fourth-order valence-electron chi connectivity index (χ4n) is 16.5. The summed E-state index contributed by atoms with van der Waals surface area (Å²) in [6.07, 6.45) is 33.0. The standard InChI is InChI=1S/C29H41N3O3.C24H32ClN2O.C5H9NO2.CH4.ClH/c33-28(34)27-13-6-14-30(27)29(35)32(22-9-2-1-3-10-22)26-18-23-11-5-12-24(19-26)31(23)25-16-20-7-4-8-21(15-20)17-25;25-24(28)27(19-8-2-1-3-9-19)23-15-20-10-5-11-21(16-23)26(20)22-13-17-6-4-7-18(12-17)14-22;7-5(8)4-2-1-3-6-4;;/h1-3,9-10,20-21,23-27H,4-8,11-19H2,(H,33,34);1-3,5,8-9,17-18,20-23H,4,6-7,10-16H2;4,6H,1-3H2,(H,7,8);1H4;1H/q;+1;;;/p-1/t20-,21+,23-,24+,25?,26?,27-;17-,18+,20-,21+,22?,23?;4-;;/m0.0../s1. The number of fused-ring (bicyclic) bond motifs is 8. The van der Waals surface area contributed by atoms with Crippen LogP contribution in [0.5, 0.6) is 0 Å². The summed E-state index contributed by atoms with van der Waals surface area (Å²) in [6.45, 7) is 1.40. The largest absolute Gasteiger partial charge is 1.00 e. The number of benzene rings is 2. The van der Waals surface area contributed by atoms with Crippen LogP contribution in [0.3, 0.4) is 0 Å². The number of carboxylic acids is 2. The van der Waals surface area contributed by atoms with Gasteiger partial charge in [-0.05, 0) is 169 Å². The van der Waals surface area contributed by atoms with E-state index in [1.54, 1.807) is 4.90 Å². The number of aliphatic carboxylic acids is 2. The number of halogens is 2. The molecule has 10 fully saturated rings. The lowest BCUT2D eigenvalue weighted by molar-refractivity contribution is -0.141. The normalized spacial score (nSPS) is 35.4. The number of carboxylic acid groups (broad SMARTS) is 2. The van der Waals surface area contributed by atoms with E-state index in [4.69, 9.17) is 16.7 Å². The monoisotopic (exact) mass is 1040 g/mol. The van der Waals surface area contributed by atoms with Gasteiger partial charge in [-0.1, -0.05) is 88.8 Å². The SMILES string of the molecule is C.O=C(Cl)N(c1ccccc1)C1C[C@H]2C[CH+]C[C@@H](C1)N2C1C[C@H]2CCC[C@@H](C1)C2.O=C(O)[C@@H]1CCCN1.O=C(O)[C@@H]1CCCN1C(=O)N(c1ccccc1)C1C[C@H]2CCC[C@@H](C1)N2C1C[C@H]2CCC[C@@H](C1)C2.[Cl-]. The molecule has 10 aliphatic rings. The van der Waals surface area contributed by atoms with Crippen molar-refractivity contribution < 1.29 is 41.8 Å². The number of piperidine rings is 4. The summed E-state index contributed by atoms with van der Waals surface area (Å²) in [5.41, 5.74) is 1.85. The highest BCUT2D eigenvalue weighted by molar-refractivity contribution is 6.66. The second kappa shape index (κ2) is 25.5. The highest BCUT2D eigenvalue weighted by atomic mass is 35.5. The van der Waals surface area contributed by atoms with Gasteiger partial charge in [0.25, 0.3) is 0 Å². The number of amides is 3. The number of anilines is 2. The topological polar surface area (TPSA) is 137 Å². The second-order valence-corrected chi connectivity index (χ2v) is 23.9. The molecule has 14 heteroatoms. The molecule has 12 nitrogen and oxygen atoms in total. The number of rotatable bonds is 8. The van der Waals surface area contributed by atoms with Crippen LogP contribution in [0.2, 0.25) is 0 Å². The Morgan fingerprint density at radius 1 is 0.534 bits per heavy atom. The Bertz CT molecular complexity index is 2070. The molecule has 4 aliphatic carbocycles. The first-order valence-corrected chi connectivity index (χ1v) is 28.7. The fourth-order valence-corrected chi connectivity index (χ4v) is 16.7. The summed E-state index contributed by atoms with van der Waals surface area (Å²) in [6, 6.07) is 23.0. The molecule has 6 heterocycles. The highest BCUT2D eigenvalue weighted by Crippen LogP contribution is 2.49. The fraction of sp³-hybridized carbons (Fsp3) is 0.712. The summed E-state index contributed by atoms with van der Waals surface area (Å²) in [4.78, 5) is 59.7. The molecule has 12 rings (SSSR count). The van der Waals surface area contributed by atoms with Crippen LogP contribution in [0.4, 0.5) is 21.0 Å². The molecule has 6 aliphatic heterocycles. The van der Waals surface area contributed by atoms with E-state index in [1.165, 1.54) is 96.3 Å². The minimum atomic E-state index is -0.876. The van der Waals surface area contributed by atoms with E-state index in [0.29, 0.717) is 37.1 Å². The minimum absolute atomic E-state index is 0. The van der Waals surface area contributed by atoms with Crippen LogP contribution >= 0.6 is 11.6 Å². The molecular formula is C59H86Cl2N6O6. The molecule has 2 aromatic carbocycles. The lowest BCUT2D eigenvalue weighted by atomic mass is 9.68. The number of carbonyl (C=O) groups excluding carboxylic acids is 2. The number of hydrogen-bond donors (Lipinski definition) is 3. The molecule has 4 unspecified atom stereocenters. The third-order valence-corrected chi connectivity index (χ3v) is 19.4. The van der Waals surface area contributed by atoms with E-state index in [-0.39, 0.29) is 49.4 Å². The Kier molecular flexibility index (Phi) is 19.5. The van der Waals surface area contributed by atoms with Gasteiger partial charge in [0.1, 0.15) is 24.9 Å². The zero-order valence-corrected chi connectivity index (χ0v) is 44.1. The van der Waals surface area contributed by atoms with Crippen LogP contribution in [-0.2, 0) is 9.59 Å². The third kappa shape index (κ3) is 12.8. The Hall–Kier alpha value is -3.55. The van der Waals surface area contributed by atoms with Gasteiger partial charge < -0.3 is 32.8 Å². The summed E-state index contributed by atoms with van der Waals surface area (Å²) in [5.74, 6) is 2.18. The number of carbonyl (C=O) groups is 4. The maximum atomic E-state index is 14.0. The Labute approximate surface area is 448 Å². The van der Waals surface area contributed by atoms with Gasteiger partial charge in [-0.2, -0.15) is 0 Å². The van der Waals surface area contributed by atoms with Crippen molar-refractivity contribution in [3.05, 3.63) is 67.1 Å². The first-order chi connectivity index (χ1) is 34.6. The molecule has 2 aromatic rings. The molecule has 3 N–H and O–H groups in total. The average molecular weight is 1050 g/mol. The number of hydrogen-bond acceptors (Lipinski definition) is 7. The van der Waals surface area contributed by atoms with Gasteiger partial charge in [-0.15, -0.1) is 0 Å². The third-order valence-electron chi connectivity index (χ3n) is 19.2. The van der Waals surface area contributed by atoms with E-state index < -0.39 is 18.0 Å². The minimum Gasteiger partial charge on any atom is -1.00 e. The van der Waals surface area contributed by atoms with Gasteiger partial charge in [-0.25, -0.2) is 9.59 Å². The van der Waals surface area contributed by atoms with Crippen molar-refractivity contribution in [2.75, 3.05) is 22.9 Å². The Morgan fingerprint density at radius 2 is 1.00 bits per heavy atom. The number of para-hydroxylation sites is 2. The predicted octanol–water partition coefficient (Wildman–Crippen LogP) is 9.00. The quantitative estimate of drug-likeness (QED) is 0.135. The molecular weight excluding hydrogens is 960 g/mol. The second-order valence-electron chi connectivity index (χ2n) is 23.6. The molecule has 0 radical (unpaired) electrons. The van der Waals surface area contributed by atoms with Crippen molar-refractivity contribution in [3.8, 4) is 0 Å². The zero-order valence-electron chi connectivity index (χ0n) is 42.5. The van der Waals surface area contributed by atoms with Crippen LogP contribution < -0.4 is 27.5 Å². The first kappa shape index (κ1) is 55.7. The van der Waals surface area contributed by atoms with Gasteiger partial charge in [0.05, 0.1) is 18.5 Å². The molecule has 0 aromatic heterocycles. The molecule has 8 bridgehead atoms. The molecule has 0 spiro atoms. The maximum absolute atomic E-state index is 14.0. The zero-order chi connectivity index (χ0) is 49.0. The average Bonchev–Trinajstić information content (AvgIpc) is 4.09. The molecule has 3 amide bonds. The lowest BCUT2D eigenvalue weighted by Gasteiger charge is -2.56. The van der Waals surface area contributed by atoms with E-state index in [0.717, 1.165) is 111 Å². The van der Waals surface area contributed by atoms with Crippen molar-refractivity contribution in [3.63, 3.8) is 0 Å². The number of urea groups is 1. The number of nitrogens with zero attached hydrogens (tertiary/aromatic N) is 5. The van der Waals surface area contributed by atoms with Crippen LogP contribution in [-0.4, -0.2) is 122 Å². The molecule has 402 valence electrons. The predicted molar refractivity (Wildman–Crippen MR) is 286 cm³/mol. The number of nitrogens with one attached hydrogen (secondary N) is 1. The Morgan fingerprint density at radius 3 is 1.45 bits per heavy atom. The summed E-state index contributed by atoms with van der Waals surface area (Å²) >= 11 is 6.08. The van der Waals surface area contributed by atoms with Gasteiger partial charge in [0.15, 0.2) is 0 Å². The van der Waals surface area contributed by atoms with Crippen LogP contribution in [0.1, 0.15) is 168 Å².